The Hall–Kier alpha value is -4.25. The molecule has 11 heteroatoms. The maximum Gasteiger partial charge on any atom is 0.266 e. The number of benzene rings is 1. The zero-order chi connectivity index (χ0) is 27.7. The highest BCUT2D eigenvalue weighted by atomic mass is 16.5. The van der Waals surface area contributed by atoms with Gasteiger partial charge in [-0.15, -0.1) is 0 Å². The molecule has 2 bridgehead atoms. The molecule has 2 amide bonds. The molecule has 0 radical (unpaired) electrons. The van der Waals surface area contributed by atoms with E-state index >= 15 is 0 Å². The maximum absolute atomic E-state index is 13.6. The minimum Gasteiger partial charge on any atom is -0.480 e. The molecule has 8 rings (SSSR count). The first-order chi connectivity index (χ1) is 20.0. The second-order valence-corrected chi connectivity index (χ2v) is 11.8. The van der Waals surface area contributed by atoms with Crippen LogP contribution < -0.4 is 20.0 Å². The van der Waals surface area contributed by atoms with E-state index in [4.69, 9.17) is 14.7 Å². The molecule has 6 heterocycles. The summed E-state index contributed by atoms with van der Waals surface area (Å²) >= 11 is 0. The van der Waals surface area contributed by atoms with Gasteiger partial charge < -0.3 is 15.0 Å². The van der Waals surface area contributed by atoms with Crippen LogP contribution in [-0.4, -0.2) is 78.3 Å². The van der Waals surface area contributed by atoms with E-state index in [1.165, 1.54) is 24.0 Å². The van der Waals surface area contributed by atoms with Crippen molar-refractivity contribution >= 4 is 41.3 Å². The number of anilines is 3. The highest BCUT2D eigenvalue weighted by Crippen LogP contribution is 2.52. The fourth-order valence-corrected chi connectivity index (χ4v) is 6.85. The number of likely N-dealkylation sites (N-methyl/N-ethyl adjacent to an activating group) is 1. The van der Waals surface area contributed by atoms with Gasteiger partial charge in [0.15, 0.2) is 30.2 Å². The van der Waals surface area contributed by atoms with Crippen molar-refractivity contribution in [3.05, 3.63) is 53.6 Å². The number of rotatable bonds is 1. The van der Waals surface area contributed by atoms with Crippen molar-refractivity contribution in [3.8, 4) is 5.75 Å². The molecule has 1 N–H and O–H groups in total. The number of hydrogen-bond acceptors (Lipinski definition) is 9. The molecule has 5 aliphatic heterocycles. The third-order valence-corrected chi connectivity index (χ3v) is 8.95. The largest absolute Gasteiger partial charge is 0.480 e. The Morgan fingerprint density at radius 1 is 1.12 bits per heavy atom. The summed E-state index contributed by atoms with van der Waals surface area (Å²) in [5.74, 6) is 1.29. The van der Waals surface area contributed by atoms with E-state index < -0.39 is 12.1 Å². The molecule has 2 unspecified atom stereocenters. The van der Waals surface area contributed by atoms with Gasteiger partial charge in [-0.1, -0.05) is 18.2 Å². The van der Waals surface area contributed by atoms with Crippen LogP contribution in [-0.2, 0) is 21.5 Å². The highest BCUT2D eigenvalue weighted by molar-refractivity contribution is 6.07. The van der Waals surface area contributed by atoms with Crippen LogP contribution >= 0.6 is 0 Å². The highest BCUT2D eigenvalue weighted by Gasteiger charge is 2.49. The lowest BCUT2D eigenvalue weighted by Gasteiger charge is -2.34. The molecule has 41 heavy (non-hydrogen) atoms. The zero-order valence-corrected chi connectivity index (χ0v) is 23.0. The summed E-state index contributed by atoms with van der Waals surface area (Å²) in [6.45, 7) is 3.00. The standard InChI is InChI=1S/C30H32N8O3/c1-35-16-19-14-20(6-7-22(19)30(18-35)10-11-30)32-29-31-15-21-26(34-29)38-24-9-8-23-27(33-24)36(25(39)17-41-23)12-4-2-3-5-13-37(38)28(21)40/h3,5-9,14-15,21,26H,2,4,10-13,16-18H2,1H3,(H,32,34)/b5-3+. The van der Waals surface area contributed by atoms with Gasteiger partial charge in [0.25, 0.3) is 11.8 Å². The Balaban J connectivity index is 1.14. The lowest BCUT2D eigenvalue weighted by molar-refractivity contribution is -0.129. The number of pyridine rings is 1. The van der Waals surface area contributed by atoms with Gasteiger partial charge in [0, 0.05) is 37.0 Å². The number of ether oxygens (including phenoxy) is 1. The van der Waals surface area contributed by atoms with Crippen LogP contribution in [0.25, 0.3) is 0 Å². The zero-order valence-electron chi connectivity index (χ0n) is 23.0. The van der Waals surface area contributed by atoms with E-state index in [0.29, 0.717) is 41.8 Å². The quantitative estimate of drug-likeness (QED) is 0.543. The predicted molar refractivity (Wildman–Crippen MR) is 155 cm³/mol. The fraction of sp³-hybridized carbons (Fsp3) is 0.433. The van der Waals surface area contributed by atoms with Gasteiger partial charge in [-0.05, 0) is 68.1 Å². The number of guanidine groups is 1. The Morgan fingerprint density at radius 3 is 2.90 bits per heavy atom. The first-order valence-corrected chi connectivity index (χ1v) is 14.4. The average Bonchev–Trinajstić information content (AvgIpc) is 3.66. The molecule has 1 saturated carbocycles. The van der Waals surface area contributed by atoms with Crippen LogP contribution in [0.15, 0.2) is 52.5 Å². The number of allylic oxidation sites excluding steroid dienone is 1. The number of aliphatic imine (C=N–C) groups is 2. The van der Waals surface area contributed by atoms with Crippen molar-refractivity contribution in [3.63, 3.8) is 0 Å². The van der Waals surface area contributed by atoms with Crippen molar-refractivity contribution in [2.75, 3.05) is 48.5 Å². The van der Waals surface area contributed by atoms with Crippen molar-refractivity contribution in [2.45, 2.75) is 43.8 Å². The number of aromatic nitrogens is 1. The van der Waals surface area contributed by atoms with E-state index in [0.717, 1.165) is 31.6 Å². The van der Waals surface area contributed by atoms with Crippen molar-refractivity contribution in [1.29, 1.82) is 0 Å². The Kier molecular flexibility index (Phi) is 5.47. The monoisotopic (exact) mass is 552 g/mol. The Bertz CT molecular complexity index is 1550. The molecule has 11 nitrogen and oxygen atoms in total. The number of hydrazine groups is 1. The molecule has 1 spiro atoms. The normalized spacial score (nSPS) is 26.8. The lowest BCUT2D eigenvalue weighted by atomic mass is 9.87. The molecule has 2 fully saturated rings. The summed E-state index contributed by atoms with van der Waals surface area (Å²) in [6.07, 6.45) is 9.28. The minimum atomic E-state index is -0.559. The van der Waals surface area contributed by atoms with Gasteiger partial charge in [0.1, 0.15) is 5.92 Å². The number of hydrogen-bond donors (Lipinski definition) is 1. The van der Waals surface area contributed by atoms with Gasteiger partial charge in [-0.25, -0.2) is 25.0 Å². The van der Waals surface area contributed by atoms with Gasteiger partial charge in [0.05, 0.1) is 6.54 Å². The predicted octanol–water partition coefficient (Wildman–Crippen LogP) is 2.69. The summed E-state index contributed by atoms with van der Waals surface area (Å²) in [7, 11) is 2.18. The lowest BCUT2D eigenvalue weighted by Crippen LogP contribution is -2.45. The number of nitrogens with zero attached hydrogens (tertiary/aromatic N) is 7. The number of fused-ring (bicyclic) bond motifs is 7. The molecule has 210 valence electrons. The summed E-state index contributed by atoms with van der Waals surface area (Å²) in [6, 6.07) is 10.2. The molecular formula is C30H32N8O3. The average molecular weight is 553 g/mol. The molecule has 1 aromatic carbocycles. The number of carbonyl (C=O) groups excluding carboxylic acids is 2. The molecule has 1 aromatic heterocycles. The van der Waals surface area contributed by atoms with Crippen LogP contribution in [0.5, 0.6) is 5.75 Å². The van der Waals surface area contributed by atoms with Crippen LogP contribution in [0.1, 0.15) is 36.8 Å². The third kappa shape index (κ3) is 4.01. The summed E-state index contributed by atoms with van der Waals surface area (Å²) in [5.41, 5.74) is 4.07. The smallest absolute Gasteiger partial charge is 0.266 e. The molecule has 2 atom stereocenters. The summed E-state index contributed by atoms with van der Waals surface area (Å²) < 4.78 is 5.68. The molecule has 1 aliphatic carbocycles. The van der Waals surface area contributed by atoms with Gasteiger partial charge in [0.2, 0.25) is 5.96 Å². The molecule has 6 aliphatic rings. The third-order valence-electron chi connectivity index (χ3n) is 8.95. The molecule has 2 aromatic rings. The summed E-state index contributed by atoms with van der Waals surface area (Å²) in [5, 5.41) is 6.92. The topological polar surface area (TPSA) is 106 Å². The number of nitrogens with one attached hydrogen (secondary N) is 1. The van der Waals surface area contributed by atoms with Crippen molar-refractivity contribution in [1.82, 2.24) is 14.9 Å². The Morgan fingerprint density at radius 2 is 2.02 bits per heavy atom. The van der Waals surface area contributed by atoms with Gasteiger partial charge in [-0.3, -0.25) is 14.5 Å². The van der Waals surface area contributed by atoms with Crippen LogP contribution in [0, 0.1) is 5.92 Å². The Labute approximate surface area is 238 Å². The SMILES string of the molecule is CN1Cc2cc(NC3=NC4C(C=N3)C(=O)N3C/C=C/CCCN5C(=O)COc6ccc(nc65)N43)ccc2C2(CC2)C1. The van der Waals surface area contributed by atoms with Crippen molar-refractivity contribution in [2.24, 2.45) is 15.9 Å². The molecule has 1 saturated heterocycles. The van der Waals surface area contributed by atoms with Crippen LogP contribution in [0.2, 0.25) is 0 Å². The first-order valence-electron chi connectivity index (χ1n) is 14.4. The van der Waals surface area contributed by atoms with Crippen LogP contribution in [0.4, 0.5) is 17.3 Å². The second kappa shape index (κ2) is 9.13. The van der Waals surface area contributed by atoms with Crippen molar-refractivity contribution < 1.29 is 14.3 Å². The number of amides is 2. The van der Waals surface area contributed by atoms with Crippen LogP contribution in [0.3, 0.4) is 0 Å². The second-order valence-electron chi connectivity index (χ2n) is 11.8. The molecular weight excluding hydrogens is 520 g/mol. The van der Waals surface area contributed by atoms with E-state index in [1.807, 2.05) is 23.2 Å². The minimum absolute atomic E-state index is 0.00135. The summed E-state index contributed by atoms with van der Waals surface area (Å²) in [4.78, 5) is 44.8. The van der Waals surface area contributed by atoms with E-state index in [-0.39, 0.29) is 18.4 Å². The van der Waals surface area contributed by atoms with E-state index in [9.17, 15) is 9.59 Å². The first kappa shape index (κ1) is 24.5. The van der Waals surface area contributed by atoms with Gasteiger partial charge >= 0.3 is 0 Å². The van der Waals surface area contributed by atoms with E-state index in [1.54, 1.807) is 16.1 Å². The fourth-order valence-electron chi connectivity index (χ4n) is 6.85. The maximum atomic E-state index is 13.6. The van der Waals surface area contributed by atoms with E-state index in [2.05, 4.69) is 46.5 Å². The number of carbonyl (C=O) groups is 2. The van der Waals surface area contributed by atoms with Gasteiger partial charge in [-0.2, -0.15) is 0 Å².